The molecule has 0 radical (unpaired) electrons. The summed E-state index contributed by atoms with van der Waals surface area (Å²) < 4.78 is 2.05. The van der Waals surface area contributed by atoms with E-state index in [-0.39, 0.29) is 5.54 Å². The summed E-state index contributed by atoms with van der Waals surface area (Å²) in [6, 6.07) is 0.495. The van der Waals surface area contributed by atoms with Crippen LogP contribution in [0.1, 0.15) is 71.7 Å². The zero-order valence-electron chi connectivity index (χ0n) is 12.7. The van der Waals surface area contributed by atoms with Crippen LogP contribution in [-0.4, -0.2) is 25.7 Å². The molecule has 2 rings (SSSR count). The van der Waals surface area contributed by atoms with Crippen LogP contribution in [-0.2, 0) is 6.54 Å². The Kier molecular flexibility index (Phi) is 4.55. The van der Waals surface area contributed by atoms with Crippen molar-refractivity contribution < 1.29 is 0 Å². The minimum absolute atomic E-state index is 0.0939. The SMILES string of the molecule is CCC1CCC(n2nnnc2CNC(C)(C)C)CC1. The first kappa shape index (κ1) is 14.4. The highest BCUT2D eigenvalue weighted by Crippen LogP contribution is 2.33. The molecule has 0 saturated heterocycles. The fraction of sp³-hybridized carbons (Fsp3) is 0.929. The monoisotopic (exact) mass is 265 g/mol. The van der Waals surface area contributed by atoms with Crippen LogP contribution in [0.2, 0.25) is 0 Å². The predicted octanol–water partition coefficient (Wildman–Crippen LogP) is 2.70. The lowest BCUT2D eigenvalue weighted by Gasteiger charge is -2.28. The summed E-state index contributed by atoms with van der Waals surface area (Å²) in [5.74, 6) is 1.87. The van der Waals surface area contributed by atoms with Gasteiger partial charge < -0.3 is 5.32 Å². The first-order chi connectivity index (χ1) is 8.99. The molecular formula is C14H27N5. The average molecular weight is 265 g/mol. The molecule has 1 aromatic rings. The van der Waals surface area contributed by atoms with Crippen LogP contribution in [0.5, 0.6) is 0 Å². The van der Waals surface area contributed by atoms with E-state index in [0.717, 1.165) is 18.3 Å². The first-order valence-corrected chi connectivity index (χ1v) is 7.51. The van der Waals surface area contributed by atoms with Crippen LogP contribution in [0.4, 0.5) is 0 Å². The van der Waals surface area contributed by atoms with Gasteiger partial charge in [-0.2, -0.15) is 0 Å². The van der Waals surface area contributed by atoms with Crippen LogP contribution in [0.15, 0.2) is 0 Å². The molecule has 0 bridgehead atoms. The molecule has 0 aliphatic heterocycles. The molecule has 19 heavy (non-hydrogen) atoms. The van der Waals surface area contributed by atoms with Gasteiger partial charge in [-0.1, -0.05) is 13.3 Å². The average Bonchev–Trinajstić information content (AvgIpc) is 2.84. The van der Waals surface area contributed by atoms with E-state index in [1.54, 1.807) is 0 Å². The fourth-order valence-electron chi connectivity index (χ4n) is 2.75. The first-order valence-electron chi connectivity index (χ1n) is 7.51. The lowest BCUT2D eigenvalue weighted by atomic mass is 9.84. The van der Waals surface area contributed by atoms with Crippen LogP contribution in [0.25, 0.3) is 0 Å². The smallest absolute Gasteiger partial charge is 0.165 e. The molecule has 1 fully saturated rings. The van der Waals surface area contributed by atoms with Crippen molar-refractivity contribution in [1.82, 2.24) is 25.5 Å². The third kappa shape index (κ3) is 4.00. The number of nitrogens with zero attached hydrogens (tertiary/aromatic N) is 4. The topological polar surface area (TPSA) is 55.6 Å². The zero-order chi connectivity index (χ0) is 13.9. The Morgan fingerprint density at radius 1 is 1.21 bits per heavy atom. The van der Waals surface area contributed by atoms with Gasteiger partial charge >= 0.3 is 0 Å². The molecule has 1 aliphatic rings. The van der Waals surface area contributed by atoms with Crippen molar-refractivity contribution in [2.24, 2.45) is 5.92 Å². The van der Waals surface area contributed by atoms with E-state index in [9.17, 15) is 0 Å². The van der Waals surface area contributed by atoms with E-state index < -0.39 is 0 Å². The molecule has 1 aromatic heterocycles. The largest absolute Gasteiger partial charge is 0.305 e. The number of hydrogen-bond acceptors (Lipinski definition) is 4. The molecule has 0 unspecified atom stereocenters. The van der Waals surface area contributed by atoms with Crippen molar-refractivity contribution in [3.05, 3.63) is 5.82 Å². The molecule has 1 heterocycles. The summed E-state index contributed by atoms with van der Waals surface area (Å²) in [5.41, 5.74) is 0.0939. The van der Waals surface area contributed by atoms with E-state index in [1.165, 1.54) is 32.1 Å². The van der Waals surface area contributed by atoms with Gasteiger partial charge in [-0.3, -0.25) is 0 Å². The molecule has 0 spiro atoms. The van der Waals surface area contributed by atoms with Crippen molar-refractivity contribution in [3.63, 3.8) is 0 Å². The Morgan fingerprint density at radius 3 is 2.47 bits per heavy atom. The second-order valence-electron chi connectivity index (χ2n) is 6.73. The summed E-state index contributed by atoms with van der Waals surface area (Å²) in [4.78, 5) is 0. The molecule has 108 valence electrons. The molecule has 0 amide bonds. The van der Waals surface area contributed by atoms with Gasteiger partial charge in [0, 0.05) is 5.54 Å². The van der Waals surface area contributed by atoms with E-state index >= 15 is 0 Å². The number of nitrogens with one attached hydrogen (secondary N) is 1. The maximum Gasteiger partial charge on any atom is 0.165 e. The zero-order valence-corrected chi connectivity index (χ0v) is 12.7. The van der Waals surface area contributed by atoms with Gasteiger partial charge in [0.1, 0.15) is 0 Å². The molecule has 1 N–H and O–H groups in total. The van der Waals surface area contributed by atoms with Gasteiger partial charge in [-0.15, -0.1) is 5.10 Å². The summed E-state index contributed by atoms with van der Waals surface area (Å²) >= 11 is 0. The Labute approximate surface area is 116 Å². The molecule has 1 saturated carbocycles. The van der Waals surface area contributed by atoms with E-state index in [4.69, 9.17) is 0 Å². The Morgan fingerprint density at radius 2 is 1.89 bits per heavy atom. The van der Waals surface area contributed by atoms with Crippen LogP contribution in [0.3, 0.4) is 0 Å². The third-order valence-corrected chi connectivity index (χ3v) is 4.08. The fourth-order valence-corrected chi connectivity index (χ4v) is 2.75. The summed E-state index contributed by atoms with van der Waals surface area (Å²) in [5, 5.41) is 15.7. The van der Waals surface area contributed by atoms with Gasteiger partial charge in [0.25, 0.3) is 0 Å². The Hall–Kier alpha value is -0.970. The Bertz CT molecular complexity index is 385. The highest BCUT2D eigenvalue weighted by Gasteiger charge is 2.24. The van der Waals surface area contributed by atoms with Crippen LogP contribution in [0, 0.1) is 5.92 Å². The van der Waals surface area contributed by atoms with E-state index in [1.807, 2.05) is 4.68 Å². The quantitative estimate of drug-likeness (QED) is 0.909. The molecular weight excluding hydrogens is 238 g/mol. The van der Waals surface area contributed by atoms with Crippen LogP contribution >= 0.6 is 0 Å². The summed E-state index contributed by atoms with van der Waals surface area (Å²) in [6.07, 6.45) is 6.36. The molecule has 0 aromatic carbocycles. The van der Waals surface area contributed by atoms with Gasteiger partial charge in [-0.25, -0.2) is 4.68 Å². The normalized spacial score (nSPS) is 24.6. The minimum Gasteiger partial charge on any atom is -0.305 e. The van der Waals surface area contributed by atoms with Crippen molar-refractivity contribution in [3.8, 4) is 0 Å². The number of hydrogen-bond donors (Lipinski definition) is 1. The van der Waals surface area contributed by atoms with Gasteiger partial charge in [-0.05, 0) is 62.8 Å². The lowest BCUT2D eigenvalue weighted by Crippen LogP contribution is -2.36. The highest BCUT2D eigenvalue weighted by atomic mass is 15.6. The van der Waals surface area contributed by atoms with Gasteiger partial charge in [0.15, 0.2) is 5.82 Å². The second kappa shape index (κ2) is 5.99. The molecule has 5 nitrogen and oxygen atoms in total. The van der Waals surface area contributed by atoms with E-state index in [2.05, 4.69) is 48.5 Å². The predicted molar refractivity (Wildman–Crippen MR) is 75.7 cm³/mol. The van der Waals surface area contributed by atoms with Gasteiger partial charge in [0.05, 0.1) is 12.6 Å². The molecule has 0 atom stereocenters. The molecule has 5 heteroatoms. The second-order valence-corrected chi connectivity index (χ2v) is 6.73. The maximum atomic E-state index is 4.21. The van der Waals surface area contributed by atoms with E-state index in [0.29, 0.717) is 6.04 Å². The van der Waals surface area contributed by atoms with Gasteiger partial charge in [0.2, 0.25) is 0 Å². The van der Waals surface area contributed by atoms with Crippen LogP contribution < -0.4 is 5.32 Å². The summed E-state index contributed by atoms with van der Waals surface area (Å²) in [6.45, 7) is 9.51. The van der Waals surface area contributed by atoms with Crippen molar-refractivity contribution in [1.29, 1.82) is 0 Å². The maximum absolute atomic E-state index is 4.21. The lowest BCUT2D eigenvalue weighted by molar-refractivity contribution is 0.247. The minimum atomic E-state index is 0.0939. The number of rotatable bonds is 4. The molecule has 1 aliphatic carbocycles. The Balaban J connectivity index is 1.96. The number of aromatic nitrogens is 4. The highest BCUT2D eigenvalue weighted by molar-refractivity contribution is 4.88. The van der Waals surface area contributed by atoms with Crippen molar-refractivity contribution in [2.45, 2.75) is 77.9 Å². The summed E-state index contributed by atoms with van der Waals surface area (Å²) in [7, 11) is 0. The van der Waals surface area contributed by atoms with Crippen molar-refractivity contribution in [2.75, 3.05) is 0 Å². The van der Waals surface area contributed by atoms with Crippen molar-refractivity contribution >= 4 is 0 Å². The number of tetrazole rings is 1. The standard InChI is InChI=1S/C14H27N5/c1-5-11-6-8-12(9-7-11)19-13(16-17-18-19)10-15-14(2,3)4/h11-12,15H,5-10H2,1-4H3. The third-order valence-electron chi connectivity index (χ3n) is 4.08.